The van der Waals surface area contributed by atoms with Crippen LogP contribution in [0.5, 0.6) is 5.75 Å². The summed E-state index contributed by atoms with van der Waals surface area (Å²) in [7, 11) is 1.52. The highest BCUT2D eigenvalue weighted by Gasteiger charge is 2.21. The molecule has 3 aromatic heterocycles. The standard InChI is InChI=1S/C19H17N5O3/c1-9-16(19(25)26)10(2)23-17(9)15-5-13(14(6-20)18(21)24-15)11-4-12(27-3)8-22-7-11/h4-5,7-8,23H,1-3H3,(H2,21,24)(H,25,26). The number of H-pyrrole nitrogens is 1. The number of ether oxygens (including phenoxy) is 1. The number of pyridine rings is 2. The molecule has 0 amide bonds. The van der Waals surface area contributed by atoms with E-state index in [0.29, 0.717) is 39.5 Å². The summed E-state index contributed by atoms with van der Waals surface area (Å²) in [5.41, 5.74) is 9.65. The molecule has 27 heavy (non-hydrogen) atoms. The smallest absolute Gasteiger partial charge is 0.337 e. The van der Waals surface area contributed by atoms with Crippen molar-refractivity contribution in [3.05, 3.63) is 46.9 Å². The van der Waals surface area contributed by atoms with Gasteiger partial charge in [-0.05, 0) is 31.5 Å². The molecule has 3 aromatic rings. The van der Waals surface area contributed by atoms with Crippen LogP contribution in [0.4, 0.5) is 5.82 Å². The van der Waals surface area contributed by atoms with Gasteiger partial charge >= 0.3 is 5.97 Å². The molecule has 3 heterocycles. The van der Waals surface area contributed by atoms with Crippen molar-refractivity contribution in [2.75, 3.05) is 12.8 Å². The molecule has 0 aromatic carbocycles. The second kappa shape index (κ2) is 6.80. The topological polar surface area (TPSA) is 138 Å². The van der Waals surface area contributed by atoms with E-state index in [1.807, 2.05) is 0 Å². The van der Waals surface area contributed by atoms with Crippen LogP contribution in [0.2, 0.25) is 0 Å². The quantitative estimate of drug-likeness (QED) is 0.648. The molecule has 0 aliphatic carbocycles. The van der Waals surface area contributed by atoms with Gasteiger partial charge in [-0.15, -0.1) is 0 Å². The third kappa shape index (κ3) is 3.06. The number of carboxylic acids is 1. The summed E-state index contributed by atoms with van der Waals surface area (Å²) in [6.07, 6.45) is 3.15. The number of nitrogen functional groups attached to an aromatic ring is 1. The molecule has 0 unspecified atom stereocenters. The highest BCUT2D eigenvalue weighted by molar-refractivity contribution is 5.93. The number of aromatic nitrogens is 3. The van der Waals surface area contributed by atoms with Gasteiger partial charge < -0.3 is 20.6 Å². The maximum absolute atomic E-state index is 11.5. The molecule has 0 bridgehead atoms. The Morgan fingerprint density at radius 1 is 1.33 bits per heavy atom. The Morgan fingerprint density at radius 3 is 2.67 bits per heavy atom. The van der Waals surface area contributed by atoms with Crippen molar-refractivity contribution in [1.82, 2.24) is 15.0 Å². The average molecular weight is 363 g/mol. The number of carbonyl (C=O) groups is 1. The lowest BCUT2D eigenvalue weighted by Crippen LogP contribution is -2.01. The van der Waals surface area contributed by atoms with Crippen molar-refractivity contribution in [1.29, 1.82) is 5.26 Å². The molecule has 0 saturated carbocycles. The van der Waals surface area contributed by atoms with E-state index in [0.717, 1.165) is 0 Å². The van der Waals surface area contributed by atoms with E-state index in [4.69, 9.17) is 10.5 Å². The maximum Gasteiger partial charge on any atom is 0.337 e. The monoisotopic (exact) mass is 363 g/mol. The van der Waals surface area contributed by atoms with E-state index in [1.54, 1.807) is 38.4 Å². The van der Waals surface area contributed by atoms with Gasteiger partial charge in [-0.1, -0.05) is 0 Å². The molecule has 0 fully saturated rings. The Kier molecular flexibility index (Phi) is 4.52. The van der Waals surface area contributed by atoms with E-state index in [9.17, 15) is 15.2 Å². The molecule has 0 saturated heterocycles. The molecular weight excluding hydrogens is 346 g/mol. The van der Waals surface area contributed by atoms with Crippen LogP contribution < -0.4 is 10.5 Å². The summed E-state index contributed by atoms with van der Waals surface area (Å²) in [5.74, 6) is -0.434. The predicted octanol–water partition coefficient (Wildman–Crippen LogP) is 2.92. The van der Waals surface area contributed by atoms with Crippen molar-refractivity contribution in [2.45, 2.75) is 13.8 Å². The number of nitrogens with two attached hydrogens (primary N) is 1. The highest BCUT2D eigenvalue weighted by atomic mass is 16.5. The van der Waals surface area contributed by atoms with Crippen molar-refractivity contribution in [2.24, 2.45) is 0 Å². The minimum Gasteiger partial charge on any atom is -0.495 e. The minimum atomic E-state index is -1.02. The Bertz CT molecular complexity index is 1100. The number of aromatic carboxylic acids is 1. The normalized spacial score (nSPS) is 10.4. The lowest BCUT2D eigenvalue weighted by molar-refractivity contribution is 0.0695. The van der Waals surface area contributed by atoms with Gasteiger partial charge in [0.05, 0.1) is 30.3 Å². The number of methoxy groups -OCH3 is 1. The van der Waals surface area contributed by atoms with E-state index in [1.165, 1.54) is 7.11 Å². The molecule has 0 aliphatic heterocycles. The van der Waals surface area contributed by atoms with Crippen molar-refractivity contribution in [3.8, 4) is 34.3 Å². The third-order valence-electron chi connectivity index (χ3n) is 4.33. The molecule has 0 aliphatic rings. The van der Waals surface area contributed by atoms with Crippen LogP contribution in [-0.2, 0) is 0 Å². The molecule has 3 rings (SSSR count). The first-order valence-corrected chi connectivity index (χ1v) is 8.00. The van der Waals surface area contributed by atoms with Gasteiger partial charge in [-0.3, -0.25) is 4.98 Å². The number of hydrogen-bond acceptors (Lipinski definition) is 6. The summed E-state index contributed by atoms with van der Waals surface area (Å²) in [6.45, 7) is 3.38. The number of nitrogens with one attached hydrogen (secondary N) is 1. The number of aryl methyl sites for hydroxylation is 1. The van der Waals surface area contributed by atoms with Crippen molar-refractivity contribution < 1.29 is 14.6 Å². The number of nitriles is 1. The van der Waals surface area contributed by atoms with Crippen LogP contribution in [0.3, 0.4) is 0 Å². The summed E-state index contributed by atoms with van der Waals surface area (Å²) >= 11 is 0. The fourth-order valence-electron chi connectivity index (χ4n) is 3.04. The molecule has 136 valence electrons. The lowest BCUT2D eigenvalue weighted by atomic mass is 10.00. The second-order valence-electron chi connectivity index (χ2n) is 5.97. The highest BCUT2D eigenvalue weighted by Crippen LogP contribution is 2.34. The zero-order chi connectivity index (χ0) is 19.7. The first kappa shape index (κ1) is 17.9. The SMILES string of the molecule is COc1cncc(-c2cc(-c3[nH]c(C)c(C(=O)O)c3C)nc(N)c2C#N)c1. The predicted molar refractivity (Wildman–Crippen MR) is 99.4 cm³/mol. The third-order valence-corrected chi connectivity index (χ3v) is 4.33. The van der Waals surface area contributed by atoms with Crippen LogP contribution in [0.25, 0.3) is 22.5 Å². The maximum atomic E-state index is 11.5. The molecule has 8 heteroatoms. The molecule has 0 spiro atoms. The van der Waals surface area contributed by atoms with E-state index >= 15 is 0 Å². The van der Waals surface area contributed by atoms with Gasteiger partial charge in [0.2, 0.25) is 0 Å². The number of nitrogens with zero attached hydrogens (tertiary/aromatic N) is 3. The molecule has 4 N–H and O–H groups in total. The largest absolute Gasteiger partial charge is 0.495 e. The number of carboxylic acid groups (broad SMARTS) is 1. The first-order valence-electron chi connectivity index (χ1n) is 8.00. The number of rotatable bonds is 4. The van der Waals surface area contributed by atoms with Gasteiger partial charge in [0.25, 0.3) is 0 Å². The Morgan fingerprint density at radius 2 is 2.07 bits per heavy atom. The Labute approximate surface area is 155 Å². The van der Waals surface area contributed by atoms with E-state index in [2.05, 4.69) is 21.0 Å². The van der Waals surface area contributed by atoms with Crippen LogP contribution >= 0.6 is 0 Å². The molecule has 0 radical (unpaired) electrons. The number of anilines is 1. The lowest BCUT2D eigenvalue weighted by Gasteiger charge is -2.11. The van der Waals surface area contributed by atoms with Gasteiger partial charge in [-0.25, -0.2) is 9.78 Å². The zero-order valence-electron chi connectivity index (χ0n) is 15.0. The average Bonchev–Trinajstić information content (AvgIpc) is 2.95. The van der Waals surface area contributed by atoms with Crippen LogP contribution in [0.15, 0.2) is 24.5 Å². The summed E-state index contributed by atoms with van der Waals surface area (Å²) < 4.78 is 5.20. The van der Waals surface area contributed by atoms with E-state index < -0.39 is 5.97 Å². The van der Waals surface area contributed by atoms with Crippen LogP contribution in [0, 0.1) is 25.2 Å². The Hall–Kier alpha value is -3.86. The number of hydrogen-bond donors (Lipinski definition) is 3. The summed E-state index contributed by atoms with van der Waals surface area (Å²) in [6, 6.07) is 5.50. The molecule has 0 atom stereocenters. The van der Waals surface area contributed by atoms with Gasteiger partial charge in [-0.2, -0.15) is 5.26 Å². The molecular formula is C19H17N5O3. The van der Waals surface area contributed by atoms with Crippen LogP contribution in [0.1, 0.15) is 27.2 Å². The van der Waals surface area contributed by atoms with Gasteiger partial charge in [0.15, 0.2) is 0 Å². The van der Waals surface area contributed by atoms with Gasteiger partial charge in [0, 0.05) is 23.0 Å². The fourth-order valence-corrected chi connectivity index (χ4v) is 3.04. The van der Waals surface area contributed by atoms with Crippen LogP contribution in [-0.4, -0.2) is 33.1 Å². The first-order chi connectivity index (χ1) is 12.9. The summed E-state index contributed by atoms with van der Waals surface area (Å²) in [5, 5.41) is 18.9. The number of aromatic amines is 1. The van der Waals surface area contributed by atoms with E-state index in [-0.39, 0.29) is 16.9 Å². The molecule has 8 nitrogen and oxygen atoms in total. The second-order valence-corrected chi connectivity index (χ2v) is 5.97. The summed E-state index contributed by atoms with van der Waals surface area (Å²) in [4.78, 5) is 23.0. The fraction of sp³-hybridized carbons (Fsp3) is 0.158. The minimum absolute atomic E-state index is 0.0522. The zero-order valence-corrected chi connectivity index (χ0v) is 15.0. The Balaban J connectivity index is 2.26. The van der Waals surface area contributed by atoms with Gasteiger partial charge in [0.1, 0.15) is 23.2 Å². The van der Waals surface area contributed by atoms with Crippen molar-refractivity contribution in [3.63, 3.8) is 0 Å². The van der Waals surface area contributed by atoms with Crippen molar-refractivity contribution >= 4 is 11.8 Å².